The number of carbonyl (C=O) groups excluding carboxylic acids is 1. The Bertz CT molecular complexity index is 1490. The van der Waals surface area contributed by atoms with Gasteiger partial charge in [0.1, 0.15) is 3.70 Å². The summed E-state index contributed by atoms with van der Waals surface area (Å²) in [7, 11) is 0. The predicted octanol–water partition coefficient (Wildman–Crippen LogP) is 4.81. The summed E-state index contributed by atoms with van der Waals surface area (Å²) in [5.74, 6) is 0.165. The minimum Gasteiger partial charge on any atom is -0.373 e. The van der Waals surface area contributed by atoms with Crippen LogP contribution in [0.25, 0.3) is 11.2 Å². The molecule has 0 aliphatic heterocycles. The number of pyridine rings is 1. The molecule has 0 spiro atoms. The number of aliphatic hydroxyl groups is 1. The highest BCUT2D eigenvalue weighted by Crippen LogP contribution is 2.37. The molecule has 9 heteroatoms. The van der Waals surface area contributed by atoms with E-state index in [0.717, 1.165) is 0 Å². The zero-order valence-corrected chi connectivity index (χ0v) is 22.0. The second-order valence-electron chi connectivity index (χ2n) is 8.33. The van der Waals surface area contributed by atoms with E-state index in [2.05, 4.69) is 38.0 Å². The van der Waals surface area contributed by atoms with Crippen molar-refractivity contribution in [2.45, 2.75) is 32.5 Å². The van der Waals surface area contributed by atoms with Gasteiger partial charge >= 0.3 is 0 Å². The van der Waals surface area contributed by atoms with E-state index in [9.17, 15) is 9.90 Å². The van der Waals surface area contributed by atoms with Crippen LogP contribution in [0.2, 0.25) is 0 Å². The number of amides is 1. The topological polar surface area (TPSA) is 97.9 Å². The minimum atomic E-state index is -1.51. The fourth-order valence-electron chi connectivity index (χ4n) is 4.37. The van der Waals surface area contributed by atoms with Gasteiger partial charge in [-0.2, -0.15) is 5.10 Å². The molecule has 1 amide bonds. The number of aryl methyl sites for hydroxylation is 2. The van der Waals surface area contributed by atoms with Crippen molar-refractivity contribution in [2.75, 3.05) is 5.32 Å². The first kappa shape index (κ1) is 24.1. The molecule has 3 aromatic heterocycles. The Balaban J connectivity index is 1.65. The molecule has 0 fully saturated rings. The number of nitrogens with zero attached hydrogens (tertiary/aromatic N) is 5. The zero-order chi connectivity index (χ0) is 25.3. The predicted molar refractivity (Wildman–Crippen MR) is 147 cm³/mol. The van der Waals surface area contributed by atoms with Crippen molar-refractivity contribution >= 4 is 45.3 Å². The Kier molecular flexibility index (Phi) is 6.59. The highest BCUT2D eigenvalue weighted by Gasteiger charge is 2.39. The molecule has 0 atom stereocenters. The van der Waals surface area contributed by atoms with Crippen LogP contribution in [0.1, 0.15) is 41.2 Å². The summed E-state index contributed by atoms with van der Waals surface area (Å²) in [5, 5.41) is 19.4. The molecule has 2 aromatic carbocycles. The van der Waals surface area contributed by atoms with Gasteiger partial charge in [-0.3, -0.25) is 9.48 Å². The second kappa shape index (κ2) is 9.82. The Hall–Kier alpha value is -3.57. The van der Waals surface area contributed by atoms with Crippen LogP contribution in [-0.4, -0.2) is 35.3 Å². The van der Waals surface area contributed by atoms with E-state index in [1.165, 1.54) is 0 Å². The maximum Gasteiger partial charge on any atom is 0.258 e. The van der Waals surface area contributed by atoms with Gasteiger partial charge in [0.25, 0.3) is 5.91 Å². The van der Waals surface area contributed by atoms with Gasteiger partial charge in [0.05, 0.1) is 23.0 Å². The molecule has 0 radical (unpaired) electrons. The van der Waals surface area contributed by atoms with E-state index in [1.807, 2.05) is 79.1 Å². The summed E-state index contributed by atoms with van der Waals surface area (Å²) >= 11 is 2.05. The lowest BCUT2D eigenvalue weighted by Crippen LogP contribution is -2.32. The van der Waals surface area contributed by atoms with Gasteiger partial charge in [-0.15, -0.1) is 0 Å². The molecule has 2 N–H and O–H groups in total. The molecular formula is C27H25IN6O2. The molecule has 0 aliphatic rings. The number of benzene rings is 2. The summed E-state index contributed by atoms with van der Waals surface area (Å²) in [4.78, 5) is 22.6. The third-order valence-electron chi connectivity index (χ3n) is 6.18. The van der Waals surface area contributed by atoms with Gasteiger partial charge in [0, 0.05) is 19.3 Å². The lowest BCUT2D eigenvalue weighted by molar-refractivity contribution is 0.102. The number of nitrogens with one attached hydrogen (secondary N) is 1. The van der Waals surface area contributed by atoms with E-state index >= 15 is 0 Å². The van der Waals surface area contributed by atoms with Crippen molar-refractivity contribution in [1.82, 2.24) is 24.3 Å². The number of anilines is 1. The lowest BCUT2D eigenvalue weighted by atomic mass is 9.85. The quantitative estimate of drug-likeness (QED) is 0.209. The first-order valence-corrected chi connectivity index (χ1v) is 12.8. The van der Waals surface area contributed by atoms with Gasteiger partial charge in [-0.1, -0.05) is 60.7 Å². The molecule has 5 rings (SSSR count). The monoisotopic (exact) mass is 592 g/mol. The number of imidazole rings is 1. The third-order valence-corrected chi connectivity index (χ3v) is 7.00. The molecule has 8 nitrogen and oxygen atoms in total. The molecule has 5 aromatic rings. The van der Waals surface area contributed by atoms with Crippen molar-refractivity contribution in [3.63, 3.8) is 0 Å². The Morgan fingerprint density at radius 2 is 1.64 bits per heavy atom. The van der Waals surface area contributed by atoms with Crippen LogP contribution >= 0.6 is 22.6 Å². The van der Waals surface area contributed by atoms with Crippen LogP contribution < -0.4 is 5.32 Å². The van der Waals surface area contributed by atoms with Crippen LogP contribution in [0, 0.1) is 3.70 Å². The maximum atomic E-state index is 13.2. The molecule has 0 bridgehead atoms. The number of hydrogen-bond acceptors (Lipinski definition) is 5. The van der Waals surface area contributed by atoms with Crippen molar-refractivity contribution in [3.8, 4) is 0 Å². The zero-order valence-electron chi connectivity index (χ0n) is 19.9. The summed E-state index contributed by atoms with van der Waals surface area (Å²) in [6, 6.07) is 20.8. The van der Waals surface area contributed by atoms with Gasteiger partial charge in [-0.05, 0) is 53.6 Å². The molecule has 0 aliphatic carbocycles. The number of halogens is 1. The van der Waals surface area contributed by atoms with Gasteiger partial charge in [-0.25, -0.2) is 9.97 Å². The first-order valence-electron chi connectivity index (χ1n) is 11.7. The van der Waals surface area contributed by atoms with Crippen LogP contribution in [0.4, 0.5) is 5.69 Å². The Morgan fingerprint density at radius 3 is 2.19 bits per heavy atom. The van der Waals surface area contributed by atoms with Crippen molar-refractivity contribution in [1.29, 1.82) is 0 Å². The Morgan fingerprint density at radius 1 is 1.00 bits per heavy atom. The number of carbonyl (C=O) groups is 1. The lowest BCUT2D eigenvalue weighted by Gasteiger charge is -2.29. The van der Waals surface area contributed by atoms with E-state index in [0.29, 0.717) is 56.2 Å². The number of hydrogen-bond donors (Lipinski definition) is 2. The minimum absolute atomic E-state index is 0.281. The normalized spacial score (nSPS) is 11.7. The average molecular weight is 592 g/mol. The van der Waals surface area contributed by atoms with Crippen molar-refractivity contribution < 1.29 is 9.90 Å². The summed E-state index contributed by atoms with van der Waals surface area (Å²) in [6.45, 7) is 5.21. The third kappa shape index (κ3) is 4.18. The largest absolute Gasteiger partial charge is 0.373 e. The average Bonchev–Trinajstić information content (AvgIpc) is 3.52. The standard InChI is InChI=1S/C27H25IN6O2/c1-3-33-17-20(16-29-33)30-25(35)21-15-22-24(31-23(21)28)32-26(34(22)4-2)27(36,18-11-7-5-8-12-18)19-13-9-6-10-14-19/h5-17,36H,3-4H2,1-2H3,(H,30,35). The van der Waals surface area contributed by atoms with Crippen LogP contribution in [0.15, 0.2) is 79.1 Å². The highest BCUT2D eigenvalue weighted by atomic mass is 127. The van der Waals surface area contributed by atoms with Gasteiger partial charge in [0.15, 0.2) is 17.1 Å². The second-order valence-corrected chi connectivity index (χ2v) is 9.35. The molecule has 0 unspecified atom stereocenters. The number of fused-ring (bicyclic) bond motifs is 1. The highest BCUT2D eigenvalue weighted by molar-refractivity contribution is 14.1. The summed E-state index contributed by atoms with van der Waals surface area (Å²) in [5.41, 5.74) is 2.07. The molecular weight excluding hydrogens is 567 g/mol. The van der Waals surface area contributed by atoms with E-state index in [-0.39, 0.29) is 5.91 Å². The van der Waals surface area contributed by atoms with E-state index < -0.39 is 5.60 Å². The van der Waals surface area contributed by atoms with Crippen molar-refractivity contribution in [3.05, 3.63) is 105 Å². The fraction of sp³-hybridized carbons (Fsp3) is 0.185. The summed E-state index contributed by atoms with van der Waals surface area (Å²) < 4.78 is 4.19. The molecule has 182 valence electrons. The number of rotatable bonds is 7. The SMILES string of the molecule is CCn1cc(NC(=O)c2cc3c(nc2I)nc(C(O)(c2ccccc2)c2ccccc2)n3CC)cn1. The van der Waals surface area contributed by atoms with E-state index in [1.54, 1.807) is 23.1 Å². The number of aromatic nitrogens is 5. The Labute approximate surface area is 222 Å². The van der Waals surface area contributed by atoms with Gasteiger partial charge < -0.3 is 15.0 Å². The smallest absolute Gasteiger partial charge is 0.258 e. The molecule has 36 heavy (non-hydrogen) atoms. The fourth-order valence-corrected chi connectivity index (χ4v) is 4.99. The maximum absolute atomic E-state index is 13.2. The van der Waals surface area contributed by atoms with Crippen LogP contribution in [0.5, 0.6) is 0 Å². The molecule has 0 saturated carbocycles. The van der Waals surface area contributed by atoms with Gasteiger partial charge in [0.2, 0.25) is 0 Å². The van der Waals surface area contributed by atoms with Crippen LogP contribution in [-0.2, 0) is 18.7 Å². The summed E-state index contributed by atoms with van der Waals surface area (Å²) in [6.07, 6.45) is 3.40. The first-order chi connectivity index (χ1) is 17.5. The molecule has 0 saturated heterocycles. The van der Waals surface area contributed by atoms with Crippen molar-refractivity contribution in [2.24, 2.45) is 0 Å². The molecule has 3 heterocycles. The van der Waals surface area contributed by atoms with Crippen LogP contribution in [0.3, 0.4) is 0 Å². The van der Waals surface area contributed by atoms with E-state index in [4.69, 9.17) is 4.98 Å².